The van der Waals surface area contributed by atoms with E-state index in [2.05, 4.69) is 25.8 Å². The Labute approximate surface area is 153 Å². The topological polar surface area (TPSA) is 54.6 Å². The van der Waals surface area contributed by atoms with E-state index in [9.17, 15) is 4.79 Å². The molecule has 2 atom stereocenters. The van der Waals surface area contributed by atoms with Gasteiger partial charge in [-0.15, -0.1) is 11.3 Å². The van der Waals surface area contributed by atoms with E-state index in [1.54, 1.807) is 21.1 Å². The first-order valence-electron chi connectivity index (χ1n) is 9.79. The van der Waals surface area contributed by atoms with Crippen LogP contribution >= 0.6 is 11.3 Å². The number of nitrogens with one attached hydrogen (secondary N) is 3. The number of hydrogen-bond acceptors (Lipinski definition) is 3. The van der Waals surface area contributed by atoms with Crippen LogP contribution < -0.4 is 15.4 Å². The zero-order valence-electron chi connectivity index (χ0n) is 15.6. The molecule has 0 unspecified atom stereocenters. The van der Waals surface area contributed by atoms with Crippen molar-refractivity contribution < 1.29 is 9.80 Å². The van der Waals surface area contributed by atoms with Crippen LogP contribution in [0.15, 0.2) is 4.79 Å². The first-order valence-corrected chi connectivity index (χ1v) is 10.6. The van der Waals surface area contributed by atoms with Crippen molar-refractivity contribution in [3.63, 3.8) is 0 Å². The summed E-state index contributed by atoms with van der Waals surface area (Å²) in [6, 6.07) is 0.258. The maximum absolute atomic E-state index is 12.8. The van der Waals surface area contributed by atoms with Gasteiger partial charge in [-0.05, 0) is 44.6 Å². The average Bonchev–Trinajstić information content (AvgIpc) is 2.98. The second-order valence-corrected chi connectivity index (χ2v) is 9.05. The third-order valence-electron chi connectivity index (χ3n) is 6.31. The minimum absolute atomic E-state index is 0.0797. The summed E-state index contributed by atoms with van der Waals surface area (Å²) in [5, 5.41) is 0.873. The van der Waals surface area contributed by atoms with E-state index in [-0.39, 0.29) is 11.6 Å². The molecule has 0 bridgehead atoms. The van der Waals surface area contributed by atoms with E-state index in [0.717, 1.165) is 47.9 Å². The van der Waals surface area contributed by atoms with E-state index in [0.29, 0.717) is 0 Å². The predicted octanol–water partition coefficient (Wildman–Crippen LogP) is -0.0263. The molecule has 6 heteroatoms. The van der Waals surface area contributed by atoms with E-state index in [4.69, 9.17) is 4.98 Å². The Morgan fingerprint density at radius 3 is 2.80 bits per heavy atom. The minimum atomic E-state index is 0.0797. The third kappa shape index (κ3) is 3.15. The van der Waals surface area contributed by atoms with Crippen LogP contribution in [0.2, 0.25) is 0 Å². The molecule has 3 heterocycles. The highest BCUT2D eigenvalue weighted by atomic mass is 32.1. The first kappa shape index (κ1) is 17.2. The molecule has 0 aromatic carbocycles. The zero-order chi connectivity index (χ0) is 17.6. The second-order valence-electron chi connectivity index (χ2n) is 7.97. The molecular weight excluding hydrogens is 332 g/mol. The summed E-state index contributed by atoms with van der Waals surface area (Å²) in [6.45, 7) is 12.7. The number of fused-ring (bicyclic) bond motifs is 3. The number of hydrogen-bond donors (Lipinski definition) is 3. The lowest BCUT2D eigenvalue weighted by Crippen LogP contribution is -3.28. The predicted molar refractivity (Wildman–Crippen MR) is 102 cm³/mol. The maximum atomic E-state index is 12.8. The van der Waals surface area contributed by atoms with Crippen molar-refractivity contribution in [2.24, 2.45) is 5.92 Å². The normalized spacial score (nSPS) is 28.0. The molecule has 0 radical (unpaired) electrons. The number of thiophene rings is 1. The summed E-state index contributed by atoms with van der Waals surface area (Å²) < 4.78 is 0. The number of aromatic nitrogens is 2. The lowest BCUT2D eigenvalue weighted by Gasteiger charge is -2.32. The van der Waals surface area contributed by atoms with E-state index in [1.807, 2.05) is 0 Å². The number of quaternary nitrogens is 2. The van der Waals surface area contributed by atoms with Gasteiger partial charge in [0.1, 0.15) is 37.1 Å². The Bertz CT molecular complexity index is 819. The molecule has 1 aliphatic carbocycles. The van der Waals surface area contributed by atoms with Crippen LogP contribution in [-0.2, 0) is 12.8 Å². The molecule has 2 aromatic rings. The Balaban J connectivity index is 1.64. The van der Waals surface area contributed by atoms with Gasteiger partial charge in [0.05, 0.1) is 11.9 Å². The van der Waals surface area contributed by atoms with Crippen molar-refractivity contribution in [3.05, 3.63) is 26.6 Å². The van der Waals surface area contributed by atoms with Crippen LogP contribution in [0, 0.1) is 5.92 Å². The Kier molecular flexibility index (Phi) is 4.69. The Morgan fingerprint density at radius 1 is 1.32 bits per heavy atom. The molecule has 1 aliphatic heterocycles. The smallest absolute Gasteiger partial charge is 0.260 e. The van der Waals surface area contributed by atoms with Crippen molar-refractivity contribution in [2.75, 3.05) is 32.7 Å². The summed E-state index contributed by atoms with van der Waals surface area (Å²) in [6.07, 6.45) is 3.32. The number of rotatable bonds is 3. The van der Waals surface area contributed by atoms with Gasteiger partial charge in [0.2, 0.25) is 0 Å². The highest BCUT2D eigenvalue weighted by Gasteiger charge is 2.30. The van der Waals surface area contributed by atoms with Gasteiger partial charge in [-0.1, -0.05) is 6.92 Å². The van der Waals surface area contributed by atoms with Gasteiger partial charge < -0.3 is 14.8 Å². The minimum Gasteiger partial charge on any atom is -0.326 e. The summed E-state index contributed by atoms with van der Waals surface area (Å²) in [5.41, 5.74) is 1.36. The van der Waals surface area contributed by atoms with Crippen molar-refractivity contribution >= 4 is 21.6 Å². The van der Waals surface area contributed by atoms with E-state index < -0.39 is 0 Å². The SMILES string of the molecule is CC[NH+]1CC[NH+]([C@H](C)c2nc3sc4c(c3c(=O)[nH]2)CC[C@@H](C)C4)CC1. The second kappa shape index (κ2) is 6.82. The summed E-state index contributed by atoms with van der Waals surface area (Å²) in [5.74, 6) is 1.60. The van der Waals surface area contributed by atoms with Gasteiger partial charge >= 0.3 is 0 Å². The number of nitrogens with zero attached hydrogens (tertiary/aromatic N) is 1. The summed E-state index contributed by atoms with van der Waals surface area (Å²) >= 11 is 1.76. The molecule has 2 aromatic heterocycles. The van der Waals surface area contributed by atoms with Crippen LogP contribution in [0.1, 0.15) is 49.5 Å². The van der Waals surface area contributed by atoms with Crippen LogP contribution in [0.3, 0.4) is 0 Å². The fraction of sp³-hybridized carbons (Fsp3) is 0.684. The van der Waals surface area contributed by atoms with Crippen LogP contribution in [-0.4, -0.2) is 42.7 Å². The molecule has 0 amide bonds. The van der Waals surface area contributed by atoms with Gasteiger partial charge in [0.15, 0.2) is 5.82 Å². The quantitative estimate of drug-likeness (QED) is 0.719. The Hall–Kier alpha value is -1.24. The molecule has 0 spiro atoms. The lowest BCUT2D eigenvalue weighted by atomic mass is 9.89. The van der Waals surface area contributed by atoms with E-state index >= 15 is 0 Å². The molecule has 3 N–H and O–H groups in total. The lowest BCUT2D eigenvalue weighted by molar-refractivity contribution is -1.03. The number of piperazine rings is 1. The number of aryl methyl sites for hydroxylation is 1. The van der Waals surface area contributed by atoms with E-state index in [1.165, 1.54) is 36.5 Å². The molecule has 4 rings (SSSR count). The first-order chi connectivity index (χ1) is 12.1. The Morgan fingerprint density at radius 2 is 2.08 bits per heavy atom. The summed E-state index contributed by atoms with van der Waals surface area (Å²) in [4.78, 5) is 26.4. The van der Waals surface area contributed by atoms with Gasteiger partial charge in [-0.2, -0.15) is 0 Å². The van der Waals surface area contributed by atoms with Gasteiger partial charge in [0.25, 0.3) is 5.56 Å². The highest BCUT2D eigenvalue weighted by Crippen LogP contribution is 2.35. The molecule has 2 aliphatic rings. The molecular formula is C19H30N4OS+2. The maximum Gasteiger partial charge on any atom is 0.260 e. The molecule has 0 saturated carbocycles. The van der Waals surface area contributed by atoms with Gasteiger partial charge in [0, 0.05) is 4.88 Å². The van der Waals surface area contributed by atoms with Crippen molar-refractivity contribution in [1.29, 1.82) is 0 Å². The number of likely N-dealkylation sites (N-methyl/N-ethyl adjacent to an activating group) is 1. The van der Waals surface area contributed by atoms with Crippen molar-refractivity contribution in [1.82, 2.24) is 9.97 Å². The molecule has 1 fully saturated rings. The standard InChI is InChI=1S/C19H28N4OS/c1-4-22-7-9-23(10-8-22)13(3)17-20-18(24)16-14-6-5-12(2)11-15(14)25-19(16)21-17/h12-13H,4-11H2,1-3H3,(H,20,21,24)/p+2/t12-,13-/m1/s1. The van der Waals surface area contributed by atoms with Crippen molar-refractivity contribution in [3.8, 4) is 0 Å². The number of aromatic amines is 1. The zero-order valence-corrected chi connectivity index (χ0v) is 16.4. The highest BCUT2D eigenvalue weighted by molar-refractivity contribution is 7.18. The average molecular weight is 363 g/mol. The third-order valence-corrected chi connectivity index (χ3v) is 7.45. The van der Waals surface area contributed by atoms with Crippen molar-refractivity contribution in [2.45, 2.75) is 46.1 Å². The molecule has 5 nitrogen and oxygen atoms in total. The van der Waals surface area contributed by atoms with Crippen LogP contribution in [0.25, 0.3) is 10.2 Å². The molecule has 1 saturated heterocycles. The molecule has 136 valence electrons. The largest absolute Gasteiger partial charge is 0.326 e. The van der Waals surface area contributed by atoms with Crippen LogP contribution in [0.5, 0.6) is 0 Å². The number of H-pyrrole nitrogens is 1. The fourth-order valence-corrected chi connectivity index (χ4v) is 5.87. The summed E-state index contributed by atoms with van der Waals surface area (Å²) in [7, 11) is 0. The monoisotopic (exact) mass is 362 g/mol. The van der Waals surface area contributed by atoms with Gasteiger partial charge in [-0.3, -0.25) is 4.79 Å². The van der Waals surface area contributed by atoms with Crippen LogP contribution in [0.4, 0.5) is 0 Å². The van der Waals surface area contributed by atoms with Gasteiger partial charge in [-0.25, -0.2) is 4.98 Å². The fourth-order valence-electron chi connectivity index (χ4n) is 4.48. The molecule has 25 heavy (non-hydrogen) atoms.